The van der Waals surface area contributed by atoms with Crippen LogP contribution in [0.1, 0.15) is 6.42 Å². The SMILES string of the molecule is O=C(CN1CCCNCC1)Nc1c(Cl)cc(Br)cc1Cl. The molecule has 0 aromatic heterocycles. The van der Waals surface area contributed by atoms with Crippen LogP contribution in [0.15, 0.2) is 16.6 Å². The third-order valence-corrected chi connectivity index (χ3v) is 4.13. The Morgan fingerprint density at radius 2 is 2.00 bits per heavy atom. The Hall–Kier alpha value is -0.330. The lowest BCUT2D eigenvalue weighted by atomic mass is 10.3. The van der Waals surface area contributed by atoms with Gasteiger partial charge < -0.3 is 10.6 Å². The molecule has 110 valence electrons. The van der Waals surface area contributed by atoms with Gasteiger partial charge in [0, 0.05) is 17.6 Å². The van der Waals surface area contributed by atoms with Gasteiger partial charge in [0.2, 0.25) is 5.91 Å². The van der Waals surface area contributed by atoms with E-state index < -0.39 is 0 Å². The summed E-state index contributed by atoms with van der Waals surface area (Å²) in [6.45, 7) is 4.05. The van der Waals surface area contributed by atoms with Crippen LogP contribution in [-0.2, 0) is 4.79 Å². The number of benzene rings is 1. The Labute approximate surface area is 136 Å². The smallest absolute Gasteiger partial charge is 0.238 e. The summed E-state index contributed by atoms with van der Waals surface area (Å²) in [5, 5.41) is 6.94. The first-order valence-electron chi connectivity index (χ1n) is 6.44. The third kappa shape index (κ3) is 4.60. The number of anilines is 1. The zero-order chi connectivity index (χ0) is 14.5. The lowest BCUT2D eigenvalue weighted by Gasteiger charge is -2.19. The average molecular weight is 381 g/mol. The number of halogens is 3. The minimum Gasteiger partial charge on any atom is -0.322 e. The van der Waals surface area contributed by atoms with Crippen LogP contribution in [0.5, 0.6) is 0 Å². The molecule has 0 radical (unpaired) electrons. The Balaban J connectivity index is 1.97. The average Bonchev–Trinajstić information content (AvgIpc) is 2.62. The number of rotatable bonds is 3. The van der Waals surface area contributed by atoms with Gasteiger partial charge in [-0.1, -0.05) is 39.1 Å². The maximum absolute atomic E-state index is 12.1. The molecular formula is C13H16BrCl2N3O. The molecule has 1 amide bonds. The summed E-state index contributed by atoms with van der Waals surface area (Å²) in [4.78, 5) is 14.2. The van der Waals surface area contributed by atoms with Crippen molar-refractivity contribution >= 4 is 50.7 Å². The molecule has 1 fully saturated rings. The standard InChI is InChI=1S/C13H16BrCl2N3O/c14-9-6-10(15)13(11(16)7-9)18-12(20)8-19-4-1-2-17-3-5-19/h6-7,17H,1-5,8H2,(H,18,20). The lowest BCUT2D eigenvalue weighted by molar-refractivity contribution is -0.117. The lowest BCUT2D eigenvalue weighted by Crippen LogP contribution is -2.35. The minimum atomic E-state index is -0.0991. The Bertz CT molecular complexity index is 467. The van der Waals surface area contributed by atoms with E-state index in [1.54, 1.807) is 12.1 Å². The number of hydrogen-bond donors (Lipinski definition) is 2. The predicted octanol–water partition coefficient (Wildman–Crippen LogP) is 2.99. The van der Waals surface area contributed by atoms with Crippen molar-refractivity contribution in [1.29, 1.82) is 0 Å². The maximum Gasteiger partial charge on any atom is 0.238 e. The van der Waals surface area contributed by atoms with Crippen LogP contribution < -0.4 is 10.6 Å². The fraction of sp³-hybridized carbons (Fsp3) is 0.462. The molecule has 0 spiro atoms. The van der Waals surface area contributed by atoms with E-state index >= 15 is 0 Å². The van der Waals surface area contributed by atoms with Crippen molar-refractivity contribution in [2.45, 2.75) is 6.42 Å². The van der Waals surface area contributed by atoms with Crippen molar-refractivity contribution in [2.75, 3.05) is 38.0 Å². The second-order valence-corrected chi connectivity index (χ2v) is 6.40. The van der Waals surface area contributed by atoms with Gasteiger partial charge in [0.05, 0.1) is 22.3 Å². The summed E-state index contributed by atoms with van der Waals surface area (Å²) < 4.78 is 0.782. The Morgan fingerprint density at radius 1 is 1.30 bits per heavy atom. The molecular weight excluding hydrogens is 365 g/mol. The monoisotopic (exact) mass is 379 g/mol. The summed E-state index contributed by atoms with van der Waals surface area (Å²) in [6, 6.07) is 3.41. The van der Waals surface area contributed by atoms with Gasteiger partial charge in [-0.05, 0) is 31.6 Å². The quantitative estimate of drug-likeness (QED) is 0.847. The number of nitrogens with zero attached hydrogens (tertiary/aromatic N) is 1. The molecule has 2 rings (SSSR count). The second-order valence-electron chi connectivity index (χ2n) is 4.67. The molecule has 1 aromatic rings. The van der Waals surface area contributed by atoms with Crippen LogP contribution in [0.4, 0.5) is 5.69 Å². The van der Waals surface area contributed by atoms with Crippen LogP contribution in [-0.4, -0.2) is 43.5 Å². The Morgan fingerprint density at radius 3 is 2.70 bits per heavy atom. The fourth-order valence-corrected chi connectivity index (χ4v) is 3.41. The molecule has 7 heteroatoms. The van der Waals surface area contributed by atoms with Gasteiger partial charge >= 0.3 is 0 Å². The van der Waals surface area contributed by atoms with Gasteiger partial charge in [0.1, 0.15) is 0 Å². The highest BCUT2D eigenvalue weighted by Crippen LogP contribution is 2.33. The maximum atomic E-state index is 12.1. The van der Waals surface area contributed by atoms with Crippen molar-refractivity contribution in [3.05, 3.63) is 26.7 Å². The number of carbonyl (C=O) groups is 1. The molecule has 0 atom stereocenters. The van der Waals surface area contributed by atoms with E-state index in [0.29, 0.717) is 22.3 Å². The topological polar surface area (TPSA) is 44.4 Å². The van der Waals surface area contributed by atoms with Crippen molar-refractivity contribution in [3.63, 3.8) is 0 Å². The molecule has 2 N–H and O–H groups in total. The highest BCUT2D eigenvalue weighted by Gasteiger charge is 2.15. The highest BCUT2D eigenvalue weighted by atomic mass is 79.9. The molecule has 4 nitrogen and oxygen atoms in total. The van der Waals surface area contributed by atoms with E-state index in [1.807, 2.05) is 0 Å². The summed E-state index contributed by atoms with van der Waals surface area (Å²) in [5.74, 6) is -0.0991. The number of nitrogens with one attached hydrogen (secondary N) is 2. The van der Waals surface area contributed by atoms with Gasteiger partial charge in [-0.15, -0.1) is 0 Å². The molecule has 20 heavy (non-hydrogen) atoms. The number of amides is 1. The first kappa shape index (κ1) is 16.0. The van der Waals surface area contributed by atoms with Crippen LogP contribution in [0.2, 0.25) is 10.0 Å². The van der Waals surface area contributed by atoms with Gasteiger partial charge in [0.25, 0.3) is 0 Å². The van der Waals surface area contributed by atoms with Crippen molar-refractivity contribution in [2.24, 2.45) is 0 Å². The number of hydrogen-bond acceptors (Lipinski definition) is 3. The van der Waals surface area contributed by atoms with Gasteiger partial charge in [-0.25, -0.2) is 0 Å². The van der Waals surface area contributed by atoms with Gasteiger partial charge in [-0.2, -0.15) is 0 Å². The normalized spacial score (nSPS) is 16.8. The van der Waals surface area contributed by atoms with Crippen LogP contribution in [0.3, 0.4) is 0 Å². The molecule has 1 aliphatic heterocycles. The number of carbonyl (C=O) groups excluding carboxylic acids is 1. The molecule has 0 saturated carbocycles. The molecule has 0 bridgehead atoms. The highest BCUT2D eigenvalue weighted by molar-refractivity contribution is 9.10. The van der Waals surface area contributed by atoms with Crippen molar-refractivity contribution in [3.8, 4) is 0 Å². The molecule has 1 heterocycles. The van der Waals surface area contributed by atoms with Crippen LogP contribution in [0, 0.1) is 0 Å². The first-order chi connectivity index (χ1) is 9.56. The summed E-state index contributed by atoms with van der Waals surface area (Å²) in [6.07, 6.45) is 1.05. The van der Waals surface area contributed by atoms with Crippen LogP contribution >= 0.6 is 39.1 Å². The van der Waals surface area contributed by atoms with E-state index in [0.717, 1.165) is 37.1 Å². The summed E-state index contributed by atoms with van der Waals surface area (Å²) in [5.41, 5.74) is 0.467. The van der Waals surface area contributed by atoms with Crippen LogP contribution in [0.25, 0.3) is 0 Å². The predicted molar refractivity (Wildman–Crippen MR) is 86.7 cm³/mol. The van der Waals surface area contributed by atoms with E-state index in [9.17, 15) is 4.79 Å². The van der Waals surface area contributed by atoms with Gasteiger partial charge in [-0.3, -0.25) is 9.69 Å². The van der Waals surface area contributed by atoms with E-state index in [4.69, 9.17) is 23.2 Å². The van der Waals surface area contributed by atoms with Crippen molar-refractivity contribution in [1.82, 2.24) is 10.2 Å². The summed E-state index contributed by atoms with van der Waals surface area (Å²) >= 11 is 15.5. The molecule has 0 aliphatic carbocycles. The molecule has 1 aliphatic rings. The molecule has 1 aromatic carbocycles. The summed E-state index contributed by atoms with van der Waals surface area (Å²) in [7, 11) is 0. The minimum absolute atomic E-state index is 0.0991. The molecule has 0 unspecified atom stereocenters. The van der Waals surface area contributed by atoms with Crippen molar-refractivity contribution < 1.29 is 4.79 Å². The van der Waals surface area contributed by atoms with E-state index in [-0.39, 0.29) is 5.91 Å². The van der Waals surface area contributed by atoms with E-state index in [1.165, 1.54) is 0 Å². The zero-order valence-electron chi connectivity index (χ0n) is 10.9. The first-order valence-corrected chi connectivity index (χ1v) is 7.98. The Kier molecular flexibility index (Phi) is 6.11. The molecule has 1 saturated heterocycles. The van der Waals surface area contributed by atoms with E-state index in [2.05, 4.69) is 31.5 Å². The largest absolute Gasteiger partial charge is 0.322 e. The fourth-order valence-electron chi connectivity index (χ4n) is 2.10. The second kappa shape index (κ2) is 7.61. The zero-order valence-corrected chi connectivity index (χ0v) is 14.0. The van der Waals surface area contributed by atoms with Gasteiger partial charge in [0.15, 0.2) is 0 Å². The third-order valence-electron chi connectivity index (χ3n) is 3.07.